The average Bonchev–Trinajstić information content (AvgIpc) is 2.28. The van der Waals surface area contributed by atoms with Crippen LogP contribution in [0.25, 0.3) is 0 Å². The fourth-order valence-corrected chi connectivity index (χ4v) is 2.18. The zero-order chi connectivity index (χ0) is 11.4. The summed E-state index contributed by atoms with van der Waals surface area (Å²) in [4.78, 5) is 4.20. The van der Waals surface area contributed by atoms with Crippen molar-refractivity contribution in [2.75, 3.05) is 25.0 Å². The molecule has 0 aliphatic carbocycles. The summed E-state index contributed by atoms with van der Waals surface area (Å²) in [6.07, 6.45) is 4.37. The van der Waals surface area contributed by atoms with Crippen LogP contribution in [0.2, 0.25) is 0 Å². The van der Waals surface area contributed by atoms with Crippen LogP contribution in [0.3, 0.4) is 0 Å². The van der Waals surface area contributed by atoms with E-state index in [9.17, 15) is 0 Å². The van der Waals surface area contributed by atoms with Gasteiger partial charge >= 0.3 is 0 Å². The van der Waals surface area contributed by atoms with Crippen molar-refractivity contribution in [2.24, 2.45) is 5.41 Å². The molecule has 3 nitrogen and oxygen atoms in total. The highest BCUT2D eigenvalue weighted by atomic mass is 14.9. The Bertz CT molecular complexity index is 343. The summed E-state index contributed by atoms with van der Waals surface area (Å²) >= 11 is 0. The molecule has 1 aliphatic heterocycles. The Morgan fingerprint density at radius 2 is 2.19 bits per heavy atom. The van der Waals surface area contributed by atoms with E-state index in [2.05, 4.69) is 28.6 Å². The number of nitrogens with one attached hydrogen (secondary N) is 2. The van der Waals surface area contributed by atoms with Crippen LogP contribution < -0.4 is 10.6 Å². The zero-order valence-electron chi connectivity index (χ0n) is 10.2. The Labute approximate surface area is 97.7 Å². The predicted octanol–water partition coefficient (Wildman–Crippen LogP) is 2.19. The van der Waals surface area contributed by atoms with Gasteiger partial charge in [0.15, 0.2) is 0 Å². The third-order valence-corrected chi connectivity index (χ3v) is 3.43. The van der Waals surface area contributed by atoms with Crippen molar-refractivity contribution in [3.05, 3.63) is 24.0 Å². The lowest BCUT2D eigenvalue weighted by Crippen LogP contribution is -2.39. The van der Waals surface area contributed by atoms with Crippen LogP contribution >= 0.6 is 0 Å². The number of hydrogen-bond donors (Lipinski definition) is 2. The Balaban J connectivity index is 1.91. The van der Waals surface area contributed by atoms with Gasteiger partial charge in [-0.1, -0.05) is 6.92 Å². The number of piperidine rings is 1. The van der Waals surface area contributed by atoms with Crippen molar-refractivity contribution < 1.29 is 0 Å². The molecule has 0 bridgehead atoms. The lowest BCUT2D eigenvalue weighted by Gasteiger charge is -2.34. The van der Waals surface area contributed by atoms with Gasteiger partial charge in [-0.2, -0.15) is 0 Å². The number of aromatic nitrogens is 1. The second-order valence-corrected chi connectivity index (χ2v) is 5.10. The molecule has 1 aromatic rings. The van der Waals surface area contributed by atoms with E-state index in [0.717, 1.165) is 25.3 Å². The summed E-state index contributed by atoms with van der Waals surface area (Å²) in [7, 11) is 0. The summed E-state index contributed by atoms with van der Waals surface area (Å²) in [5.41, 5.74) is 2.69. The second kappa shape index (κ2) is 4.83. The van der Waals surface area contributed by atoms with Crippen LogP contribution in [-0.4, -0.2) is 24.6 Å². The summed E-state index contributed by atoms with van der Waals surface area (Å²) in [5.74, 6) is 0. The first-order valence-electron chi connectivity index (χ1n) is 6.05. The molecule has 2 rings (SSSR count). The molecule has 1 aliphatic rings. The fourth-order valence-electron chi connectivity index (χ4n) is 2.18. The number of anilines is 1. The minimum Gasteiger partial charge on any atom is -0.384 e. The molecule has 1 aromatic heterocycles. The molecule has 3 heteroatoms. The van der Waals surface area contributed by atoms with Gasteiger partial charge in [-0.25, -0.2) is 0 Å². The third-order valence-electron chi connectivity index (χ3n) is 3.43. The summed E-state index contributed by atoms with van der Waals surface area (Å²) in [6, 6.07) is 4.14. The van der Waals surface area contributed by atoms with Crippen molar-refractivity contribution in [1.82, 2.24) is 10.3 Å². The molecule has 1 fully saturated rings. The number of aryl methyl sites for hydroxylation is 1. The van der Waals surface area contributed by atoms with E-state index in [-0.39, 0.29) is 0 Å². The lowest BCUT2D eigenvalue weighted by molar-refractivity contribution is 0.247. The smallest absolute Gasteiger partial charge is 0.0393 e. The van der Waals surface area contributed by atoms with E-state index in [1.54, 1.807) is 0 Å². The van der Waals surface area contributed by atoms with Gasteiger partial charge in [-0.05, 0) is 50.4 Å². The summed E-state index contributed by atoms with van der Waals surface area (Å²) in [6.45, 7) is 7.74. The van der Waals surface area contributed by atoms with E-state index in [0.29, 0.717) is 5.41 Å². The number of hydrogen-bond acceptors (Lipinski definition) is 3. The summed E-state index contributed by atoms with van der Waals surface area (Å²) < 4.78 is 0. The lowest BCUT2D eigenvalue weighted by atomic mass is 9.81. The molecular formula is C13H21N3. The number of nitrogens with zero attached hydrogens (tertiary/aromatic N) is 1. The van der Waals surface area contributed by atoms with Gasteiger partial charge in [-0.15, -0.1) is 0 Å². The van der Waals surface area contributed by atoms with Crippen molar-refractivity contribution >= 4 is 5.69 Å². The van der Waals surface area contributed by atoms with E-state index < -0.39 is 0 Å². The molecule has 0 atom stereocenters. The molecule has 0 radical (unpaired) electrons. The zero-order valence-corrected chi connectivity index (χ0v) is 10.2. The van der Waals surface area contributed by atoms with Gasteiger partial charge in [-0.3, -0.25) is 4.98 Å². The second-order valence-electron chi connectivity index (χ2n) is 5.10. The topological polar surface area (TPSA) is 37.0 Å². The highest BCUT2D eigenvalue weighted by Gasteiger charge is 2.26. The Morgan fingerprint density at radius 1 is 1.44 bits per heavy atom. The Hall–Kier alpha value is -1.09. The molecule has 16 heavy (non-hydrogen) atoms. The molecule has 2 N–H and O–H groups in total. The maximum Gasteiger partial charge on any atom is 0.0393 e. The Kier molecular flexibility index (Phi) is 3.44. The molecule has 0 spiro atoms. The predicted molar refractivity (Wildman–Crippen MR) is 67.7 cm³/mol. The third kappa shape index (κ3) is 2.95. The van der Waals surface area contributed by atoms with Gasteiger partial charge in [0.05, 0.1) is 0 Å². The van der Waals surface area contributed by atoms with E-state index in [1.807, 2.05) is 19.2 Å². The van der Waals surface area contributed by atoms with Gasteiger partial charge < -0.3 is 10.6 Å². The minimum atomic E-state index is 0.433. The SMILES string of the molecule is Cc1cc(NCC2(C)CCNCC2)ccn1. The molecule has 1 saturated heterocycles. The first-order chi connectivity index (χ1) is 7.68. The van der Waals surface area contributed by atoms with Crippen LogP contribution in [0, 0.1) is 12.3 Å². The van der Waals surface area contributed by atoms with E-state index in [4.69, 9.17) is 0 Å². The van der Waals surface area contributed by atoms with Crippen LogP contribution in [0.5, 0.6) is 0 Å². The largest absolute Gasteiger partial charge is 0.384 e. The standard InChI is InChI=1S/C13H21N3/c1-11-9-12(3-6-15-11)16-10-13(2)4-7-14-8-5-13/h3,6,9,14H,4-5,7-8,10H2,1-2H3,(H,15,16). The van der Waals surface area contributed by atoms with Crippen LogP contribution in [-0.2, 0) is 0 Å². The van der Waals surface area contributed by atoms with E-state index in [1.165, 1.54) is 18.5 Å². The average molecular weight is 219 g/mol. The molecule has 2 heterocycles. The molecule has 0 unspecified atom stereocenters. The molecule has 0 aromatic carbocycles. The van der Waals surface area contributed by atoms with Gasteiger partial charge in [0, 0.05) is 24.1 Å². The quantitative estimate of drug-likeness (QED) is 0.818. The van der Waals surface area contributed by atoms with Crippen molar-refractivity contribution in [2.45, 2.75) is 26.7 Å². The van der Waals surface area contributed by atoms with Crippen molar-refractivity contribution in [3.63, 3.8) is 0 Å². The maximum absolute atomic E-state index is 4.20. The molecule has 0 amide bonds. The Morgan fingerprint density at radius 3 is 2.88 bits per heavy atom. The molecule has 0 saturated carbocycles. The first kappa shape index (κ1) is 11.4. The molecule has 88 valence electrons. The maximum atomic E-state index is 4.20. The van der Waals surface area contributed by atoms with Gasteiger partial charge in [0.25, 0.3) is 0 Å². The van der Waals surface area contributed by atoms with Crippen LogP contribution in [0.1, 0.15) is 25.5 Å². The fraction of sp³-hybridized carbons (Fsp3) is 0.615. The van der Waals surface area contributed by atoms with Crippen LogP contribution in [0.4, 0.5) is 5.69 Å². The normalized spacial score (nSPS) is 19.4. The van der Waals surface area contributed by atoms with Gasteiger partial charge in [0.1, 0.15) is 0 Å². The number of pyridine rings is 1. The monoisotopic (exact) mass is 219 g/mol. The molecular weight excluding hydrogens is 198 g/mol. The highest BCUT2D eigenvalue weighted by molar-refractivity contribution is 5.43. The first-order valence-corrected chi connectivity index (χ1v) is 6.05. The highest BCUT2D eigenvalue weighted by Crippen LogP contribution is 2.28. The number of rotatable bonds is 3. The van der Waals surface area contributed by atoms with Crippen molar-refractivity contribution in [1.29, 1.82) is 0 Å². The van der Waals surface area contributed by atoms with Crippen molar-refractivity contribution in [3.8, 4) is 0 Å². The van der Waals surface area contributed by atoms with E-state index >= 15 is 0 Å². The minimum absolute atomic E-state index is 0.433. The van der Waals surface area contributed by atoms with Gasteiger partial charge in [0.2, 0.25) is 0 Å². The summed E-state index contributed by atoms with van der Waals surface area (Å²) in [5, 5.41) is 6.94. The van der Waals surface area contributed by atoms with Crippen LogP contribution in [0.15, 0.2) is 18.3 Å².